The smallest absolute Gasteiger partial charge is 0.312 e. The van der Waals surface area contributed by atoms with Gasteiger partial charge in [0.15, 0.2) is 5.82 Å². The van der Waals surface area contributed by atoms with Crippen LogP contribution in [0.2, 0.25) is 0 Å². The molecule has 4 rings (SSSR count). The number of halogens is 1. The molecule has 9 nitrogen and oxygen atoms in total. The predicted octanol–water partition coefficient (Wildman–Crippen LogP) is 7.23. The number of benzene rings is 3. The van der Waals surface area contributed by atoms with Crippen molar-refractivity contribution in [3.8, 4) is 22.9 Å². The fourth-order valence-corrected chi connectivity index (χ4v) is 4.80. The minimum atomic E-state index is -0.497. The highest BCUT2D eigenvalue weighted by molar-refractivity contribution is 9.10. The first kappa shape index (κ1) is 28.9. The lowest BCUT2D eigenvalue weighted by molar-refractivity contribution is -0.386. The summed E-state index contributed by atoms with van der Waals surface area (Å²) in [6, 6.07) is 14.0. The molecule has 10 heteroatoms. The number of fused-ring (bicyclic) bond motifs is 1. The number of methoxy groups -OCH3 is 1. The van der Waals surface area contributed by atoms with Gasteiger partial charge in [-0.3, -0.25) is 14.9 Å². The van der Waals surface area contributed by atoms with Crippen LogP contribution >= 0.6 is 15.9 Å². The van der Waals surface area contributed by atoms with Crippen molar-refractivity contribution < 1.29 is 14.4 Å². The Hall–Kier alpha value is -4.05. The molecule has 0 aliphatic carbocycles. The largest absolute Gasteiger partial charge is 0.496 e. The molecule has 0 bridgehead atoms. The van der Waals surface area contributed by atoms with E-state index in [0.29, 0.717) is 33.2 Å². The van der Waals surface area contributed by atoms with Crippen molar-refractivity contribution in [3.63, 3.8) is 0 Å². The molecule has 0 aliphatic rings. The fraction of sp³-hybridized carbons (Fsp3) is 0.300. The first-order valence-electron chi connectivity index (χ1n) is 12.9. The van der Waals surface area contributed by atoms with E-state index in [9.17, 15) is 14.9 Å². The van der Waals surface area contributed by atoms with Crippen molar-refractivity contribution in [2.24, 2.45) is 5.10 Å². The van der Waals surface area contributed by atoms with Crippen LogP contribution in [0.25, 0.3) is 22.3 Å². The first-order valence-corrected chi connectivity index (χ1v) is 13.7. The number of nitrogens with zero attached hydrogens (tertiary/aromatic N) is 4. The maximum atomic E-state index is 13.8. The van der Waals surface area contributed by atoms with Gasteiger partial charge in [-0.25, -0.2) is 4.98 Å². The summed E-state index contributed by atoms with van der Waals surface area (Å²) >= 11 is 3.35. The van der Waals surface area contributed by atoms with Gasteiger partial charge in [0.2, 0.25) is 5.75 Å². The minimum absolute atomic E-state index is 0.0809. The summed E-state index contributed by atoms with van der Waals surface area (Å²) in [5.41, 5.74) is 2.86. The second-order valence-corrected chi connectivity index (χ2v) is 10.7. The molecule has 0 spiro atoms. The zero-order valence-electron chi connectivity index (χ0n) is 23.3. The van der Waals surface area contributed by atoms with E-state index in [2.05, 4.69) is 34.9 Å². The molecule has 0 fully saturated rings. The maximum absolute atomic E-state index is 13.8. The Morgan fingerprint density at radius 1 is 1.18 bits per heavy atom. The highest BCUT2D eigenvalue weighted by atomic mass is 79.9. The molecular formula is C30H31BrN4O5. The average Bonchev–Trinajstić information content (AvgIpc) is 2.92. The van der Waals surface area contributed by atoms with E-state index in [1.807, 2.05) is 39.0 Å². The van der Waals surface area contributed by atoms with Gasteiger partial charge in [0.05, 0.1) is 35.3 Å². The lowest BCUT2D eigenvalue weighted by atomic mass is 9.96. The summed E-state index contributed by atoms with van der Waals surface area (Å²) in [4.78, 5) is 30.0. The highest BCUT2D eigenvalue weighted by Crippen LogP contribution is 2.36. The quantitative estimate of drug-likeness (QED) is 0.113. The van der Waals surface area contributed by atoms with Crippen molar-refractivity contribution in [2.45, 2.75) is 53.1 Å². The van der Waals surface area contributed by atoms with Crippen LogP contribution in [0.1, 0.15) is 56.7 Å². The summed E-state index contributed by atoms with van der Waals surface area (Å²) in [5, 5.41) is 16.8. The van der Waals surface area contributed by atoms with Gasteiger partial charge in [-0.2, -0.15) is 9.78 Å². The van der Waals surface area contributed by atoms with Gasteiger partial charge in [-0.15, -0.1) is 0 Å². The molecule has 1 atom stereocenters. The van der Waals surface area contributed by atoms with Crippen LogP contribution in [-0.4, -0.2) is 34.0 Å². The molecule has 0 amide bonds. The Balaban J connectivity index is 2.01. The number of rotatable bonds is 9. The predicted molar refractivity (Wildman–Crippen MR) is 161 cm³/mol. The third-order valence-corrected chi connectivity index (χ3v) is 7.12. The number of nitro groups is 1. The number of ether oxygens (including phenoxy) is 2. The molecule has 0 aliphatic heterocycles. The number of hydrogen-bond acceptors (Lipinski definition) is 7. The van der Waals surface area contributed by atoms with E-state index < -0.39 is 4.92 Å². The highest BCUT2D eigenvalue weighted by Gasteiger charge is 2.23. The molecule has 40 heavy (non-hydrogen) atoms. The molecule has 0 N–H and O–H groups in total. The minimum Gasteiger partial charge on any atom is -0.496 e. The summed E-state index contributed by atoms with van der Waals surface area (Å²) in [6.07, 6.45) is 1.78. The van der Waals surface area contributed by atoms with Crippen LogP contribution in [0, 0.1) is 17.0 Å². The third kappa shape index (κ3) is 5.77. The van der Waals surface area contributed by atoms with Crippen LogP contribution < -0.4 is 15.0 Å². The normalized spacial score (nSPS) is 12.3. The Bertz CT molecular complexity index is 1680. The van der Waals surface area contributed by atoms with Crippen molar-refractivity contribution in [1.82, 2.24) is 9.66 Å². The van der Waals surface area contributed by atoms with E-state index in [1.165, 1.54) is 17.0 Å². The zero-order chi connectivity index (χ0) is 29.1. The molecule has 208 valence electrons. The summed E-state index contributed by atoms with van der Waals surface area (Å²) in [6.45, 7) is 9.82. The Labute approximate surface area is 240 Å². The van der Waals surface area contributed by atoms with E-state index in [0.717, 1.165) is 22.4 Å². The number of aromatic nitrogens is 2. The molecule has 0 saturated carbocycles. The van der Waals surface area contributed by atoms with Crippen molar-refractivity contribution in [3.05, 3.63) is 90.2 Å². The molecule has 4 aromatic rings. The van der Waals surface area contributed by atoms with Gasteiger partial charge in [0, 0.05) is 21.7 Å². The number of nitro benzene ring substituents is 1. The van der Waals surface area contributed by atoms with Gasteiger partial charge >= 0.3 is 5.69 Å². The van der Waals surface area contributed by atoms with Crippen LogP contribution in [0.4, 0.5) is 5.69 Å². The summed E-state index contributed by atoms with van der Waals surface area (Å²) in [7, 11) is 1.63. The molecule has 0 saturated heterocycles. The molecular weight excluding hydrogens is 576 g/mol. The van der Waals surface area contributed by atoms with Gasteiger partial charge < -0.3 is 9.47 Å². The van der Waals surface area contributed by atoms with E-state index in [-0.39, 0.29) is 29.0 Å². The van der Waals surface area contributed by atoms with Gasteiger partial charge in [0.1, 0.15) is 5.75 Å². The van der Waals surface area contributed by atoms with Crippen LogP contribution in [0.5, 0.6) is 11.5 Å². The Kier molecular flexibility index (Phi) is 8.68. The maximum Gasteiger partial charge on any atom is 0.312 e. The van der Waals surface area contributed by atoms with E-state index in [1.54, 1.807) is 31.4 Å². The monoisotopic (exact) mass is 606 g/mol. The van der Waals surface area contributed by atoms with Crippen molar-refractivity contribution in [1.29, 1.82) is 0 Å². The second-order valence-electron chi connectivity index (χ2n) is 9.81. The van der Waals surface area contributed by atoms with E-state index >= 15 is 0 Å². The standard InChI is InChI=1S/C30H31BrN4O5/c1-7-19(5)40-28-20(13-21(31)14-26(28)35(37)38)16-32-34-29(33-25-11-9-8-10-22(25)30(34)36)24-15-23(17(2)3)27(39-6)12-18(24)4/h8-17,19H,7H2,1-6H3/t19-/m1/s1. The van der Waals surface area contributed by atoms with Crippen molar-refractivity contribution in [2.75, 3.05) is 7.11 Å². The van der Waals surface area contributed by atoms with Gasteiger partial charge in [0.25, 0.3) is 5.56 Å². The SMILES string of the molecule is CC[C@@H](C)Oc1c(C=Nn2c(-c3cc(C(C)C)c(OC)cc3C)nc3ccccc3c2=O)cc(Br)cc1[N+](=O)[O-]. The van der Waals surface area contributed by atoms with Crippen LogP contribution in [0.3, 0.4) is 0 Å². The van der Waals surface area contributed by atoms with E-state index in [4.69, 9.17) is 14.5 Å². The Morgan fingerprint density at radius 2 is 1.90 bits per heavy atom. The fourth-order valence-electron chi connectivity index (χ4n) is 4.34. The lowest BCUT2D eigenvalue weighted by Crippen LogP contribution is -2.21. The molecule has 3 aromatic carbocycles. The molecule has 1 aromatic heterocycles. The van der Waals surface area contributed by atoms with Gasteiger partial charge in [-0.05, 0) is 67.6 Å². The van der Waals surface area contributed by atoms with Gasteiger partial charge in [-0.1, -0.05) is 48.8 Å². The zero-order valence-corrected chi connectivity index (χ0v) is 24.9. The molecule has 0 unspecified atom stereocenters. The Morgan fingerprint density at radius 3 is 2.55 bits per heavy atom. The number of aryl methyl sites for hydroxylation is 1. The topological polar surface area (TPSA) is 109 Å². The first-order chi connectivity index (χ1) is 19.0. The molecule has 0 radical (unpaired) electrons. The van der Waals surface area contributed by atoms with Crippen LogP contribution in [-0.2, 0) is 0 Å². The summed E-state index contributed by atoms with van der Waals surface area (Å²) < 4.78 is 13.3. The second kappa shape index (κ2) is 12.0. The lowest BCUT2D eigenvalue weighted by Gasteiger charge is -2.18. The number of para-hydroxylation sites is 1. The third-order valence-electron chi connectivity index (χ3n) is 6.66. The van der Waals surface area contributed by atoms with Crippen molar-refractivity contribution >= 4 is 38.7 Å². The summed E-state index contributed by atoms with van der Waals surface area (Å²) in [5.74, 6) is 1.33. The average molecular weight is 608 g/mol. The van der Waals surface area contributed by atoms with Crippen LogP contribution in [0.15, 0.2) is 62.9 Å². The molecule has 1 heterocycles. The number of hydrogen-bond donors (Lipinski definition) is 0.